The molecule has 0 spiro atoms. The second-order valence-electron chi connectivity index (χ2n) is 9.42. The van der Waals surface area contributed by atoms with E-state index in [9.17, 15) is 14.7 Å². The van der Waals surface area contributed by atoms with Crippen LogP contribution >= 0.6 is 0 Å². The summed E-state index contributed by atoms with van der Waals surface area (Å²) in [7, 11) is 0. The number of likely N-dealkylation sites (tertiary alicyclic amines) is 1. The highest BCUT2D eigenvalue weighted by Gasteiger charge is 2.28. The van der Waals surface area contributed by atoms with Gasteiger partial charge in [-0.05, 0) is 57.2 Å². The van der Waals surface area contributed by atoms with Crippen LogP contribution in [0.15, 0.2) is 48.3 Å². The first-order valence-corrected chi connectivity index (χ1v) is 11.6. The number of amides is 1. The first kappa shape index (κ1) is 22.3. The van der Waals surface area contributed by atoms with Gasteiger partial charge in [0.1, 0.15) is 0 Å². The molecule has 2 N–H and O–H groups in total. The molecule has 6 heteroatoms. The second kappa shape index (κ2) is 9.33. The first-order valence-electron chi connectivity index (χ1n) is 11.6. The number of fused-ring (bicyclic) bond motifs is 1. The van der Waals surface area contributed by atoms with Crippen molar-refractivity contribution >= 4 is 17.9 Å². The Labute approximate surface area is 189 Å². The van der Waals surface area contributed by atoms with Crippen molar-refractivity contribution in [2.75, 3.05) is 13.1 Å². The van der Waals surface area contributed by atoms with E-state index in [0.29, 0.717) is 37.9 Å². The maximum atomic E-state index is 12.9. The number of Topliss-reactive ketones (excluding diaryl/α,β-unsaturated/α-hetero) is 1. The zero-order valence-electron chi connectivity index (χ0n) is 19.0. The molecule has 1 fully saturated rings. The van der Waals surface area contributed by atoms with Crippen LogP contribution in [-0.2, 0) is 16.9 Å². The number of piperidine rings is 1. The molecule has 1 aromatic carbocycles. The summed E-state index contributed by atoms with van der Waals surface area (Å²) in [5, 5.41) is 13.5. The highest BCUT2D eigenvalue weighted by molar-refractivity contribution is 5.98. The fourth-order valence-electron chi connectivity index (χ4n) is 4.53. The third-order valence-corrected chi connectivity index (χ3v) is 6.59. The standard InChI is InChI=1S/C26H33N3O3/c1-26(2,32)21-10-8-19(9-11-21)25(31)20-12-15-28(16-13-20)24(30)7-3-5-22-18-29-14-4-6-23(29)17-27-22/h4,6,8-11,14,18,20,27,32H,3,5,7,12-13,15-17H2,1-2H3. The molecule has 1 saturated heterocycles. The molecular formula is C26H33N3O3. The van der Waals surface area contributed by atoms with Crippen molar-refractivity contribution < 1.29 is 14.7 Å². The van der Waals surface area contributed by atoms with Gasteiger partial charge in [-0.1, -0.05) is 24.3 Å². The van der Waals surface area contributed by atoms with Crippen molar-refractivity contribution in [3.8, 4) is 0 Å². The fourth-order valence-corrected chi connectivity index (χ4v) is 4.53. The van der Waals surface area contributed by atoms with Crippen molar-refractivity contribution in [3.63, 3.8) is 0 Å². The SMILES string of the molecule is CC(C)(O)c1ccc(C(=O)C2CCN(C(=O)CCCC3=Cn4cccc4CN3)CC2)cc1. The Morgan fingerprint density at radius 3 is 2.53 bits per heavy atom. The van der Waals surface area contributed by atoms with E-state index in [2.05, 4.69) is 28.3 Å². The van der Waals surface area contributed by atoms with Crippen molar-refractivity contribution in [3.05, 3.63) is 65.1 Å². The van der Waals surface area contributed by atoms with Gasteiger partial charge in [0.05, 0.1) is 12.1 Å². The Kier molecular flexibility index (Phi) is 6.51. The molecule has 4 rings (SSSR count). The van der Waals surface area contributed by atoms with Crippen molar-refractivity contribution in [2.24, 2.45) is 5.92 Å². The van der Waals surface area contributed by atoms with Gasteiger partial charge in [0.25, 0.3) is 0 Å². The molecule has 0 atom stereocenters. The van der Waals surface area contributed by atoms with Crippen LogP contribution in [0.1, 0.15) is 67.6 Å². The number of ketones is 1. The summed E-state index contributed by atoms with van der Waals surface area (Å²) in [4.78, 5) is 27.4. The molecule has 170 valence electrons. The van der Waals surface area contributed by atoms with E-state index >= 15 is 0 Å². The highest BCUT2D eigenvalue weighted by atomic mass is 16.3. The molecule has 2 aliphatic heterocycles. The van der Waals surface area contributed by atoms with E-state index in [-0.39, 0.29) is 17.6 Å². The van der Waals surface area contributed by atoms with Crippen LogP contribution in [0.2, 0.25) is 0 Å². The Morgan fingerprint density at radius 1 is 1.12 bits per heavy atom. The summed E-state index contributed by atoms with van der Waals surface area (Å²) in [5.41, 5.74) is 2.98. The highest BCUT2D eigenvalue weighted by Crippen LogP contribution is 2.25. The first-order chi connectivity index (χ1) is 15.3. The number of nitrogens with zero attached hydrogens (tertiary/aromatic N) is 2. The number of rotatable bonds is 7. The molecule has 0 saturated carbocycles. The average molecular weight is 436 g/mol. The van der Waals surface area contributed by atoms with Gasteiger partial charge in [0.15, 0.2) is 5.78 Å². The molecule has 1 aromatic heterocycles. The number of nitrogens with one attached hydrogen (secondary N) is 1. The molecule has 32 heavy (non-hydrogen) atoms. The molecule has 1 amide bonds. The lowest BCUT2D eigenvalue weighted by molar-refractivity contribution is -0.132. The normalized spacial score (nSPS) is 16.8. The number of aromatic nitrogens is 1. The molecule has 0 radical (unpaired) electrons. The second-order valence-corrected chi connectivity index (χ2v) is 9.42. The Balaban J connectivity index is 1.22. The van der Waals surface area contributed by atoms with Gasteiger partial charge >= 0.3 is 0 Å². The van der Waals surface area contributed by atoms with Crippen LogP contribution in [0.25, 0.3) is 6.20 Å². The lowest BCUT2D eigenvalue weighted by Gasteiger charge is -2.31. The molecule has 0 bridgehead atoms. The minimum absolute atomic E-state index is 0.0422. The predicted octanol–water partition coefficient (Wildman–Crippen LogP) is 3.91. The number of benzene rings is 1. The van der Waals surface area contributed by atoms with Crippen LogP contribution < -0.4 is 5.32 Å². The monoisotopic (exact) mass is 435 g/mol. The number of aliphatic hydroxyl groups is 1. The minimum Gasteiger partial charge on any atom is -0.386 e. The average Bonchev–Trinajstić information content (AvgIpc) is 3.26. The van der Waals surface area contributed by atoms with Gasteiger partial charge in [-0.2, -0.15) is 0 Å². The number of allylic oxidation sites excluding steroid dienone is 1. The fraction of sp³-hybridized carbons (Fsp3) is 0.462. The van der Waals surface area contributed by atoms with Gasteiger partial charge in [0.2, 0.25) is 5.91 Å². The van der Waals surface area contributed by atoms with Crippen LogP contribution in [0.4, 0.5) is 0 Å². The Bertz CT molecular complexity index is 990. The van der Waals surface area contributed by atoms with Gasteiger partial charge < -0.3 is 19.9 Å². The maximum absolute atomic E-state index is 12.9. The topological polar surface area (TPSA) is 74.6 Å². The minimum atomic E-state index is -0.915. The predicted molar refractivity (Wildman–Crippen MR) is 125 cm³/mol. The third kappa shape index (κ3) is 5.13. The largest absolute Gasteiger partial charge is 0.386 e. The number of carbonyl (C=O) groups is 2. The van der Waals surface area contributed by atoms with Crippen molar-refractivity contribution in [1.29, 1.82) is 0 Å². The molecule has 6 nitrogen and oxygen atoms in total. The molecule has 3 heterocycles. The van der Waals surface area contributed by atoms with E-state index in [1.807, 2.05) is 23.1 Å². The zero-order chi connectivity index (χ0) is 22.7. The van der Waals surface area contributed by atoms with E-state index in [1.54, 1.807) is 26.0 Å². The van der Waals surface area contributed by atoms with Gasteiger partial charge in [-0.3, -0.25) is 9.59 Å². The van der Waals surface area contributed by atoms with Crippen LogP contribution in [-0.4, -0.2) is 39.4 Å². The van der Waals surface area contributed by atoms with E-state index < -0.39 is 5.60 Å². The third-order valence-electron chi connectivity index (χ3n) is 6.59. The number of hydrogen-bond donors (Lipinski definition) is 2. The quantitative estimate of drug-likeness (QED) is 0.647. The summed E-state index contributed by atoms with van der Waals surface area (Å²) in [6.07, 6.45) is 7.79. The Morgan fingerprint density at radius 2 is 1.84 bits per heavy atom. The molecular weight excluding hydrogens is 402 g/mol. The van der Waals surface area contributed by atoms with Crippen molar-refractivity contribution in [1.82, 2.24) is 14.8 Å². The lowest BCUT2D eigenvalue weighted by atomic mass is 9.87. The molecule has 0 aliphatic carbocycles. The number of carbonyl (C=O) groups excluding carboxylic acids is 2. The smallest absolute Gasteiger partial charge is 0.222 e. The summed E-state index contributed by atoms with van der Waals surface area (Å²) in [5.74, 6) is 0.280. The van der Waals surface area contributed by atoms with Crippen molar-refractivity contribution in [2.45, 2.75) is 58.1 Å². The van der Waals surface area contributed by atoms with E-state index in [1.165, 1.54) is 11.4 Å². The van der Waals surface area contributed by atoms with E-state index in [0.717, 1.165) is 24.9 Å². The lowest BCUT2D eigenvalue weighted by Crippen LogP contribution is -2.40. The van der Waals surface area contributed by atoms with Gasteiger partial charge in [-0.15, -0.1) is 0 Å². The molecule has 2 aliphatic rings. The van der Waals surface area contributed by atoms with E-state index in [4.69, 9.17) is 0 Å². The zero-order valence-corrected chi connectivity index (χ0v) is 19.0. The summed E-state index contributed by atoms with van der Waals surface area (Å²) in [6.45, 7) is 5.58. The van der Waals surface area contributed by atoms with Crippen LogP contribution in [0.5, 0.6) is 0 Å². The number of hydrogen-bond acceptors (Lipinski definition) is 4. The molecule has 0 unspecified atom stereocenters. The summed E-state index contributed by atoms with van der Waals surface area (Å²) < 4.78 is 2.13. The molecule has 2 aromatic rings. The summed E-state index contributed by atoms with van der Waals surface area (Å²) >= 11 is 0. The van der Waals surface area contributed by atoms with Gasteiger partial charge in [0, 0.05) is 54.8 Å². The maximum Gasteiger partial charge on any atom is 0.222 e. The summed E-state index contributed by atoms with van der Waals surface area (Å²) in [6, 6.07) is 11.4. The van der Waals surface area contributed by atoms with Crippen LogP contribution in [0, 0.1) is 5.92 Å². The van der Waals surface area contributed by atoms with Crippen LogP contribution in [0.3, 0.4) is 0 Å². The van der Waals surface area contributed by atoms with Gasteiger partial charge in [-0.25, -0.2) is 0 Å². The Hall–Kier alpha value is -2.86.